The van der Waals surface area contributed by atoms with Gasteiger partial charge in [0.2, 0.25) is 0 Å². The number of carbonyl (C=O) groups excluding carboxylic acids is 2. The van der Waals surface area contributed by atoms with Crippen LogP contribution in [0.1, 0.15) is 53.5 Å². The summed E-state index contributed by atoms with van der Waals surface area (Å²) in [6.45, 7) is 11.1. The molecular formula is C22H31N3O4. The van der Waals surface area contributed by atoms with Crippen molar-refractivity contribution in [3.8, 4) is 5.75 Å². The summed E-state index contributed by atoms with van der Waals surface area (Å²) in [4.78, 5) is 24.7. The number of ether oxygens (including phenoxy) is 2. The van der Waals surface area contributed by atoms with Gasteiger partial charge in [-0.25, -0.2) is 10.2 Å². The first-order chi connectivity index (χ1) is 13.6. The summed E-state index contributed by atoms with van der Waals surface area (Å²) < 4.78 is 11.1. The van der Waals surface area contributed by atoms with E-state index in [4.69, 9.17) is 9.47 Å². The Hall–Kier alpha value is -2.83. The number of nitrogens with one attached hydrogen (secondary N) is 2. The third-order valence-electron chi connectivity index (χ3n) is 4.57. The lowest BCUT2D eigenvalue weighted by molar-refractivity contribution is -0.124. The highest BCUT2D eigenvalue weighted by Crippen LogP contribution is 2.28. The van der Waals surface area contributed by atoms with E-state index in [1.165, 1.54) is 0 Å². The van der Waals surface area contributed by atoms with Crippen LogP contribution >= 0.6 is 0 Å². The van der Waals surface area contributed by atoms with E-state index in [1.807, 2.05) is 51.1 Å². The molecule has 0 radical (unpaired) electrons. The third-order valence-corrected chi connectivity index (χ3v) is 4.57. The quantitative estimate of drug-likeness (QED) is 0.559. The van der Waals surface area contributed by atoms with E-state index in [-0.39, 0.29) is 12.0 Å². The second-order valence-corrected chi connectivity index (χ2v) is 8.19. The van der Waals surface area contributed by atoms with Gasteiger partial charge in [-0.05, 0) is 45.8 Å². The summed E-state index contributed by atoms with van der Waals surface area (Å²) in [5, 5.41) is 6.72. The molecular weight excluding hydrogens is 370 g/mol. The molecule has 0 fully saturated rings. The van der Waals surface area contributed by atoms with Crippen molar-refractivity contribution in [2.45, 2.75) is 65.7 Å². The number of para-hydroxylation sites is 1. The highest BCUT2D eigenvalue weighted by Gasteiger charge is 2.28. The minimum Gasteiger partial charge on any atom is -0.485 e. The number of alkyl carbamates (subject to hydrolysis) is 1. The van der Waals surface area contributed by atoms with Gasteiger partial charge in [-0.3, -0.25) is 4.79 Å². The minimum absolute atomic E-state index is 0.0826. The van der Waals surface area contributed by atoms with Gasteiger partial charge in [0.05, 0.1) is 6.21 Å². The Kier molecular flexibility index (Phi) is 7.42. The first kappa shape index (κ1) is 22.5. The van der Waals surface area contributed by atoms with Crippen molar-refractivity contribution >= 4 is 24.3 Å². The van der Waals surface area contributed by atoms with Gasteiger partial charge in [-0.2, -0.15) is 5.10 Å². The zero-order valence-electron chi connectivity index (χ0n) is 18.0. The van der Waals surface area contributed by atoms with Crippen molar-refractivity contribution in [2.75, 3.05) is 0 Å². The summed E-state index contributed by atoms with van der Waals surface area (Å²) in [7, 11) is 0. The Balaban J connectivity index is 2.04. The first-order valence-electron chi connectivity index (χ1n) is 9.90. The zero-order chi connectivity index (χ0) is 21.6. The molecule has 158 valence electrons. The van der Waals surface area contributed by atoms with E-state index in [0.717, 1.165) is 16.9 Å². The highest BCUT2D eigenvalue weighted by molar-refractivity contribution is 5.91. The molecule has 3 unspecified atom stereocenters. The lowest BCUT2D eigenvalue weighted by Gasteiger charge is -2.25. The summed E-state index contributed by atoms with van der Waals surface area (Å²) >= 11 is 0. The fourth-order valence-electron chi connectivity index (χ4n) is 2.78. The van der Waals surface area contributed by atoms with Crippen molar-refractivity contribution in [1.82, 2.24) is 10.7 Å². The van der Waals surface area contributed by atoms with E-state index in [1.54, 1.807) is 27.0 Å². The van der Waals surface area contributed by atoms with E-state index >= 15 is 0 Å². The summed E-state index contributed by atoms with van der Waals surface area (Å²) in [6.07, 6.45) is 3.44. The molecule has 0 bridgehead atoms. The van der Waals surface area contributed by atoms with Crippen LogP contribution in [-0.4, -0.2) is 36.0 Å². The molecule has 7 heteroatoms. The van der Waals surface area contributed by atoms with E-state index in [0.29, 0.717) is 6.42 Å². The number of benzene rings is 1. The van der Waals surface area contributed by atoms with Crippen molar-refractivity contribution in [3.63, 3.8) is 0 Å². The van der Waals surface area contributed by atoms with Gasteiger partial charge in [0.15, 0.2) is 0 Å². The van der Waals surface area contributed by atoms with Crippen LogP contribution in [0.3, 0.4) is 0 Å². The van der Waals surface area contributed by atoms with Crippen molar-refractivity contribution in [3.05, 3.63) is 35.4 Å². The largest absolute Gasteiger partial charge is 0.485 e. The van der Waals surface area contributed by atoms with Crippen LogP contribution in [0.2, 0.25) is 0 Å². The Bertz CT molecular complexity index is 795. The smallest absolute Gasteiger partial charge is 0.408 e. The Morgan fingerprint density at radius 1 is 1.31 bits per heavy atom. The van der Waals surface area contributed by atoms with Gasteiger partial charge in [0.25, 0.3) is 5.91 Å². The average Bonchev–Trinajstić information content (AvgIpc) is 2.64. The van der Waals surface area contributed by atoms with Crippen LogP contribution in [0.5, 0.6) is 5.75 Å². The van der Waals surface area contributed by atoms with Gasteiger partial charge in [0, 0.05) is 11.1 Å². The first-order valence-corrected chi connectivity index (χ1v) is 9.90. The predicted molar refractivity (Wildman–Crippen MR) is 114 cm³/mol. The SMILES string of the molecule is CCC(C)C(NC(=O)OC(C)(C)C)C(=O)NN=CC1=Cc2ccccc2OC1C. The number of nitrogens with zero attached hydrogens (tertiary/aromatic N) is 1. The monoisotopic (exact) mass is 401 g/mol. The normalized spacial score (nSPS) is 18.1. The molecule has 0 aliphatic carbocycles. The van der Waals surface area contributed by atoms with Crippen LogP contribution in [0.4, 0.5) is 4.79 Å². The minimum atomic E-state index is -0.748. The number of carbonyl (C=O) groups is 2. The number of hydrogen-bond acceptors (Lipinski definition) is 5. The van der Waals surface area contributed by atoms with Crippen molar-refractivity contribution < 1.29 is 19.1 Å². The molecule has 2 N–H and O–H groups in total. The lowest BCUT2D eigenvalue weighted by atomic mass is 9.99. The van der Waals surface area contributed by atoms with E-state index in [9.17, 15) is 9.59 Å². The van der Waals surface area contributed by atoms with Crippen molar-refractivity contribution in [2.24, 2.45) is 11.0 Å². The Morgan fingerprint density at radius 2 is 2.00 bits per heavy atom. The maximum absolute atomic E-state index is 12.6. The number of amides is 2. The Morgan fingerprint density at radius 3 is 2.66 bits per heavy atom. The van der Waals surface area contributed by atoms with Crippen LogP contribution in [0, 0.1) is 5.92 Å². The zero-order valence-corrected chi connectivity index (χ0v) is 18.0. The molecule has 0 spiro atoms. The second kappa shape index (κ2) is 9.58. The average molecular weight is 402 g/mol. The summed E-state index contributed by atoms with van der Waals surface area (Å²) in [5.41, 5.74) is 3.68. The highest BCUT2D eigenvalue weighted by atomic mass is 16.6. The molecule has 2 rings (SSSR count). The topological polar surface area (TPSA) is 89.0 Å². The lowest BCUT2D eigenvalue weighted by Crippen LogP contribution is -2.50. The van der Waals surface area contributed by atoms with E-state index < -0.39 is 23.6 Å². The number of hydrazone groups is 1. The molecule has 1 aliphatic rings. The Labute approximate surface area is 172 Å². The number of hydrogen-bond donors (Lipinski definition) is 2. The second-order valence-electron chi connectivity index (χ2n) is 8.19. The fraction of sp³-hybridized carbons (Fsp3) is 0.500. The molecule has 1 aromatic rings. The molecule has 3 atom stereocenters. The van der Waals surface area contributed by atoms with Crippen LogP contribution in [0.25, 0.3) is 6.08 Å². The molecule has 1 aliphatic heterocycles. The summed E-state index contributed by atoms with van der Waals surface area (Å²) in [5.74, 6) is 0.340. The number of rotatable bonds is 6. The molecule has 0 aromatic heterocycles. The van der Waals surface area contributed by atoms with Gasteiger partial charge in [0.1, 0.15) is 23.5 Å². The number of fused-ring (bicyclic) bond motifs is 1. The predicted octanol–water partition coefficient (Wildman–Crippen LogP) is 3.89. The summed E-state index contributed by atoms with van der Waals surface area (Å²) in [6, 6.07) is 6.98. The van der Waals surface area contributed by atoms with E-state index in [2.05, 4.69) is 15.8 Å². The standard InChI is InChI=1S/C22H31N3O4/c1-7-14(2)19(24-21(27)29-22(4,5)6)20(26)25-23-13-17-12-16-10-8-9-11-18(16)28-15(17)3/h8-15,19H,7H2,1-6H3,(H,24,27)(H,25,26). The van der Waals surface area contributed by atoms with Crippen LogP contribution in [-0.2, 0) is 9.53 Å². The molecule has 0 saturated carbocycles. The van der Waals surface area contributed by atoms with Gasteiger partial charge in [-0.15, -0.1) is 0 Å². The molecule has 2 amide bonds. The molecule has 1 aromatic carbocycles. The maximum atomic E-state index is 12.6. The van der Waals surface area contributed by atoms with Gasteiger partial charge >= 0.3 is 6.09 Å². The van der Waals surface area contributed by atoms with Crippen molar-refractivity contribution in [1.29, 1.82) is 0 Å². The fourth-order valence-corrected chi connectivity index (χ4v) is 2.78. The maximum Gasteiger partial charge on any atom is 0.408 e. The molecule has 0 saturated heterocycles. The molecule has 1 heterocycles. The van der Waals surface area contributed by atoms with Gasteiger partial charge in [-0.1, -0.05) is 38.5 Å². The van der Waals surface area contributed by atoms with Gasteiger partial charge < -0.3 is 14.8 Å². The van der Waals surface area contributed by atoms with Crippen LogP contribution < -0.4 is 15.5 Å². The third kappa shape index (κ3) is 6.62. The molecule has 7 nitrogen and oxygen atoms in total. The van der Waals surface area contributed by atoms with Crippen LogP contribution in [0.15, 0.2) is 34.9 Å². The molecule has 29 heavy (non-hydrogen) atoms.